The highest BCUT2D eigenvalue weighted by molar-refractivity contribution is 7.77. The Morgan fingerprint density at radius 2 is 1.89 bits per heavy atom. The lowest BCUT2D eigenvalue weighted by Gasteiger charge is -2.08. The highest BCUT2D eigenvalue weighted by Crippen LogP contribution is 2.16. The Morgan fingerprint density at radius 3 is 2.33 bits per heavy atom. The van der Waals surface area contributed by atoms with Gasteiger partial charge in [-0.15, -0.1) is 4.83 Å². The van der Waals surface area contributed by atoms with E-state index in [1.165, 1.54) is 20.3 Å². The number of nitrogens with one attached hydrogen (secondary N) is 3. The van der Waals surface area contributed by atoms with Crippen molar-refractivity contribution in [2.45, 2.75) is 0 Å². The van der Waals surface area contributed by atoms with Gasteiger partial charge in [-0.1, -0.05) is 0 Å². The van der Waals surface area contributed by atoms with Crippen molar-refractivity contribution in [1.82, 2.24) is 20.2 Å². The van der Waals surface area contributed by atoms with E-state index in [1.54, 1.807) is 4.83 Å². The molecule has 0 aliphatic carbocycles. The molecule has 0 fully saturated rings. The summed E-state index contributed by atoms with van der Waals surface area (Å²) < 4.78 is 28.4. The van der Waals surface area contributed by atoms with Crippen molar-refractivity contribution in [2.75, 3.05) is 19.5 Å². The molecule has 0 aliphatic rings. The summed E-state index contributed by atoms with van der Waals surface area (Å²) in [5.41, 5.74) is 1.89. The van der Waals surface area contributed by atoms with Gasteiger partial charge >= 0.3 is 6.03 Å². The summed E-state index contributed by atoms with van der Waals surface area (Å²) in [5, 5.41) is 2.21. The molecule has 0 radical (unpaired) electrons. The van der Waals surface area contributed by atoms with Gasteiger partial charge in [0.05, 0.1) is 20.3 Å². The van der Waals surface area contributed by atoms with Gasteiger partial charge in [0.1, 0.15) is 0 Å². The van der Waals surface area contributed by atoms with Crippen LogP contribution in [0.3, 0.4) is 0 Å². The highest BCUT2D eigenvalue weighted by atomic mass is 32.2. The predicted octanol–water partition coefficient (Wildman–Crippen LogP) is -0.743. The van der Waals surface area contributed by atoms with E-state index in [4.69, 9.17) is 14.0 Å². The Balaban J connectivity index is 2.71. The number of nitrogens with zero attached hydrogens (tertiary/aromatic N) is 2. The largest absolute Gasteiger partial charge is 0.481 e. The quantitative estimate of drug-likeness (QED) is 0.411. The number of urea groups is 1. The maximum Gasteiger partial charge on any atom is 0.336 e. The SMILES string of the molecule is COc1cc(OC)nc(NC(=O)NNS(=O)O)n1. The second kappa shape index (κ2) is 6.68. The third-order valence-corrected chi connectivity index (χ3v) is 1.85. The molecule has 0 spiro atoms. The first-order valence-electron chi connectivity index (χ1n) is 4.45. The van der Waals surface area contributed by atoms with Gasteiger partial charge in [-0.25, -0.2) is 9.00 Å². The summed E-state index contributed by atoms with van der Waals surface area (Å²) in [5.74, 6) is 0.293. The fourth-order valence-corrected chi connectivity index (χ4v) is 1.07. The summed E-state index contributed by atoms with van der Waals surface area (Å²) in [6, 6.07) is 0.595. The van der Waals surface area contributed by atoms with E-state index in [1.807, 2.05) is 5.43 Å². The van der Waals surface area contributed by atoms with Crippen LogP contribution in [-0.2, 0) is 11.3 Å². The molecule has 4 N–H and O–H groups in total. The molecule has 11 heteroatoms. The lowest BCUT2D eigenvalue weighted by molar-refractivity contribution is 0.250. The van der Waals surface area contributed by atoms with E-state index in [0.29, 0.717) is 0 Å². The molecular formula is C7H11N5O5S. The second-order valence-electron chi connectivity index (χ2n) is 2.71. The predicted molar refractivity (Wildman–Crippen MR) is 61.2 cm³/mol. The van der Waals surface area contributed by atoms with Crippen molar-refractivity contribution in [3.63, 3.8) is 0 Å². The number of carbonyl (C=O) groups excluding carboxylic acids is 1. The topological polar surface area (TPSA) is 135 Å². The summed E-state index contributed by atoms with van der Waals surface area (Å²) in [6.45, 7) is 0. The molecular weight excluding hydrogens is 266 g/mol. The molecule has 1 atom stereocenters. The van der Waals surface area contributed by atoms with E-state index < -0.39 is 17.3 Å². The molecule has 2 amide bonds. The zero-order chi connectivity index (χ0) is 13.5. The summed E-state index contributed by atoms with van der Waals surface area (Å²) in [6.07, 6.45) is 0. The standard InChI is InChI=1S/C7H11N5O5S/c1-16-4-3-5(17-2)9-6(8-4)10-7(13)11-12-18(14)15/h3,12H,1-2H3,(H,14,15)(H2,8,9,10,11,13). The first kappa shape index (κ1) is 14.1. The average Bonchev–Trinajstić information content (AvgIpc) is 2.35. The van der Waals surface area contributed by atoms with Gasteiger partial charge in [0.15, 0.2) is 0 Å². The molecule has 10 nitrogen and oxygen atoms in total. The highest BCUT2D eigenvalue weighted by Gasteiger charge is 2.08. The minimum absolute atomic E-state index is 0.0887. The lowest BCUT2D eigenvalue weighted by Crippen LogP contribution is -2.41. The minimum atomic E-state index is -2.37. The Hall–Kier alpha value is -1.98. The molecule has 0 saturated heterocycles. The van der Waals surface area contributed by atoms with Crippen molar-refractivity contribution in [3.8, 4) is 11.8 Å². The van der Waals surface area contributed by atoms with Crippen molar-refractivity contribution >= 4 is 23.2 Å². The van der Waals surface area contributed by atoms with E-state index in [9.17, 15) is 9.00 Å². The number of methoxy groups -OCH3 is 2. The Bertz CT molecular complexity index is 434. The lowest BCUT2D eigenvalue weighted by atomic mass is 10.6. The van der Waals surface area contributed by atoms with Crippen LogP contribution in [0.4, 0.5) is 10.7 Å². The maximum absolute atomic E-state index is 11.2. The summed E-state index contributed by atoms with van der Waals surface area (Å²) >= 11 is -2.37. The maximum atomic E-state index is 11.2. The van der Waals surface area contributed by atoms with Gasteiger partial charge in [0.25, 0.3) is 11.3 Å². The third-order valence-electron chi connectivity index (χ3n) is 1.57. The van der Waals surface area contributed by atoms with Crippen LogP contribution >= 0.6 is 0 Å². The number of ether oxygens (including phenoxy) is 2. The number of hydrogen-bond acceptors (Lipinski definition) is 6. The van der Waals surface area contributed by atoms with E-state index in [0.717, 1.165) is 0 Å². The molecule has 18 heavy (non-hydrogen) atoms. The van der Waals surface area contributed by atoms with Crippen molar-refractivity contribution < 1.29 is 23.0 Å². The monoisotopic (exact) mass is 277 g/mol. The van der Waals surface area contributed by atoms with Gasteiger partial charge in [0.2, 0.25) is 17.7 Å². The fraction of sp³-hybridized carbons (Fsp3) is 0.286. The van der Waals surface area contributed by atoms with Crippen LogP contribution in [0.1, 0.15) is 0 Å². The molecule has 100 valence electrons. The first-order valence-corrected chi connectivity index (χ1v) is 5.56. The fourth-order valence-electron chi connectivity index (χ4n) is 0.892. The summed E-state index contributed by atoms with van der Waals surface area (Å²) in [7, 11) is 2.78. The van der Waals surface area contributed by atoms with Gasteiger partial charge in [-0.3, -0.25) is 15.3 Å². The van der Waals surface area contributed by atoms with Crippen LogP contribution in [0.25, 0.3) is 0 Å². The number of rotatable bonds is 5. The molecule has 1 rings (SSSR count). The van der Waals surface area contributed by atoms with Crippen LogP contribution in [-0.4, -0.2) is 39.0 Å². The number of carbonyl (C=O) groups is 1. The molecule has 0 saturated carbocycles. The van der Waals surface area contributed by atoms with Gasteiger partial charge in [-0.05, 0) is 0 Å². The normalized spacial score (nSPS) is 11.5. The molecule has 1 unspecified atom stereocenters. The molecule has 0 aliphatic heterocycles. The Labute approximate surface area is 104 Å². The number of hydrazine groups is 1. The molecule has 1 aromatic rings. The van der Waals surface area contributed by atoms with Crippen molar-refractivity contribution in [1.29, 1.82) is 0 Å². The zero-order valence-corrected chi connectivity index (χ0v) is 10.3. The van der Waals surface area contributed by atoms with Crippen molar-refractivity contribution in [2.24, 2.45) is 0 Å². The third kappa shape index (κ3) is 4.48. The van der Waals surface area contributed by atoms with Crippen LogP contribution in [0, 0.1) is 0 Å². The van der Waals surface area contributed by atoms with Crippen LogP contribution in [0.2, 0.25) is 0 Å². The van der Waals surface area contributed by atoms with Crippen LogP contribution in [0.5, 0.6) is 11.8 Å². The Morgan fingerprint density at radius 1 is 1.33 bits per heavy atom. The molecule has 0 aromatic carbocycles. The number of amides is 2. The van der Waals surface area contributed by atoms with Crippen molar-refractivity contribution in [3.05, 3.63) is 6.07 Å². The van der Waals surface area contributed by atoms with Gasteiger partial charge in [0, 0.05) is 0 Å². The second-order valence-corrected chi connectivity index (χ2v) is 3.41. The number of hydrogen-bond donors (Lipinski definition) is 4. The number of aromatic nitrogens is 2. The van der Waals surface area contributed by atoms with E-state index in [2.05, 4.69) is 15.3 Å². The molecule has 1 aromatic heterocycles. The van der Waals surface area contributed by atoms with E-state index in [-0.39, 0.29) is 17.7 Å². The summed E-state index contributed by atoms with van der Waals surface area (Å²) in [4.78, 5) is 20.6. The van der Waals surface area contributed by atoms with E-state index >= 15 is 0 Å². The zero-order valence-electron chi connectivity index (χ0n) is 9.46. The van der Waals surface area contributed by atoms with Gasteiger partial charge < -0.3 is 9.47 Å². The van der Waals surface area contributed by atoms with Gasteiger partial charge in [-0.2, -0.15) is 9.97 Å². The molecule has 0 bridgehead atoms. The minimum Gasteiger partial charge on any atom is -0.481 e. The number of anilines is 1. The van der Waals surface area contributed by atoms with Crippen LogP contribution < -0.4 is 25.0 Å². The molecule has 1 heterocycles. The van der Waals surface area contributed by atoms with Crippen LogP contribution in [0.15, 0.2) is 6.07 Å². The smallest absolute Gasteiger partial charge is 0.336 e. The first-order chi connectivity index (χ1) is 8.55. The average molecular weight is 277 g/mol. The Kier molecular flexibility index (Phi) is 5.23.